The van der Waals surface area contributed by atoms with Gasteiger partial charge in [0.15, 0.2) is 9.84 Å². The number of aromatic nitrogens is 2. The monoisotopic (exact) mass is 650 g/mol. The van der Waals surface area contributed by atoms with E-state index in [1.165, 1.54) is 24.3 Å². The molecule has 2 aromatic carbocycles. The molecule has 46 heavy (non-hydrogen) atoms. The first-order valence-corrected chi connectivity index (χ1v) is 18.8. The molecule has 10 heteroatoms. The summed E-state index contributed by atoms with van der Waals surface area (Å²) < 4.78 is 40.0. The van der Waals surface area contributed by atoms with Gasteiger partial charge in [0.1, 0.15) is 11.9 Å². The van der Waals surface area contributed by atoms with E-state index in [-0.39, 0.29) is 17.7 Å². The van der Waals surface area contributed by atoms with Crippen molar-refractivity contribution in [1.82, 2.24) is 19.6 Å². The summed E-state index contributed by atoms with van der Waals surface area (Å²) in [6, 6.07) is 13.4. The van der Waals surface area contributed by atoms with Gasteiger partial charge in [-0.15, -0.1) is 0 Å². The van der Waals surface area contributed by atoms with Gasteiger partial charge in [0.2, 0.25) is 0 Å². The smallest absolute Gasteiger partial charge is 0.320 e. The number of halogens is 1. The maximum atomic E-state index is 14.3. The van der Waals surface area contributed by atoms with Crippen LogP contribution in [-0.2, 0) is 27.6 Å². The zero-order valence-corrected chi connectivity index (χ0v) is 27.8. The number of aryl methyl sites for hydroxylation is 1. The second-order valence-electron chi connectivity index (χ2n) is 13.8. The molecule has 0 spiro atoms. The van der Waals surface area contributed by atoms with E-state index in [0.29, 0.717) is 36.2 Å². The topological polar surface area (TPSA) is 95.7 Å². The molecular formula is C36H47FN4O4S. The van der Waals surface area contributed by atoms with Gasteiger partial charge in [-0.2, -0.15) is 5.10 Å². The molecule has 0 unspecified atom stereocenters. The molecular weight excluding hydrogens is 603 g/mol. The highest BCUT2D eigenvalue weighted by Gasteiger charge is 2.41. The Hall–Kier alpha value is -3.08. The van der Waals surface area contributed by atoms with Gasteiger partial charge in [0.05, 0.1) is 17.1 Å². The Balaban J connectivity index is 1.11. The number of sulfone groups is 1. The second kappa shape index (κ2) is 14.0. The molecule has 248 valence electrons. The van der Waals surface area contributed by atoms with Gasteiger partial charge in [-0.1, -0.05) is 50.5 Å². The quantitative estimate of drug-likeness (QED) is 0.274. The summed E-state index contributed by atoms with van der Waals surface area (Å²) in [4.78, 5) is 17.4. The van der Waals surface area contributed by atoms with E-state index < -0.39 is 21.8 Å². The Morgan fingerprint density at radius 2 is 1.80 bits per heavy atom. The lowest BCUT2D eigenvalue weighted by Gasteiger charge is -2.35. The number of benzene rings is 2. The van der Waals surface area contributed by atoms with Crippen molar-refractivity contribution < 1.29 is 22.7 Å². The summed E-state index contributed by atoms with van der Waals surface area (Å²) in [5.74, 6) is 0.301. The number of hydrogen-bond donors (Lipinski definition) is 1. The third-order valence-electron chi connectivity index (χ3n) is 10.7. The molecule has 3 atom stereocenters. The van der Waals surface area contributed by atoms with E-state index in [9.17, 15) is 22.7 Å². The minimum atomic E-state index is -3.23. The van der Waals surface area contributed by atoms with Gasteiger partial charge in [-0.3, -0.25) is 14.4 Å². The Morgan fingerprint density at radius 3 is 2.41 bits per heavy atom. The van der Waals surface area contributed by atoms with E-state index in [0.717, 1.165) is 75.1 Å². The lowest BCUT2D eigenvalue weighted by Crippen LogP contribution is -2.43. The number of aliphatic carboxylic acids is 1. The first-order chi connectivity index (χ1) is 22.1. The number of carbonyl (C=O) groups is 1. The van der Waals surface area contributed by atoms with Gasteiger partial charge >= 0.3 is 5.97 Å². The molecule has 1 saturated carbocycles. The van der Waals surface area contributed by atoms with Crippen molar-refractivity contribution in [3.63, 3.8) is 0 Å². The van der Waals surface area contributed by atoms with Crippen molar-refractivity contribution in [1.29, 1.82) is 0 Å². The van der Waals surface area contributed by atoms with Crippen LogP contribution in [0.4, 0.5) is 4.39 Å². The Kier molecular flexibility index (Phi) is 9.96. The summed E-state index contributed by atoms with van der Waals surface area (Å²) in [7, 11) is -3.23. The summed E-state index contributed by atoms with van der Waals surface area (Å²) >= 11 is 0. The number of carboxylic acid groups (broad SMARTS) is 1. The van der Waals surface area contributed by atoms with Crippen molar-refractivity contribution in [3.05, 3.63) is 82.9 Å². The molecule has 2 saturated heterocycles. The van der Waals surface area contributed by atoms with Crippen LogP contribution in [0.1, 0.15) is 79.7 Å². The predicted octanol–water partition coefficient (Wildman–Crippen LogP) is 5.57. The summed E-state index contributed by atoms with van der Waals surface area (Å²) in [6.07, 6.45) is 10.5. The van der Waals surface area contributed by atoms with Crippen LogP contribution in [0.3, 0.4) is 0 Å². The molecule has 3 fully saturated rings. The van der Waals surface area contributed by atoms with Crippen LogP contribution in [0.15, 0.2) is 59.6 Å². The van der Waals surface area contributed by atoms with Gasteiger partial charge < -0.3 is 10.0 Å². The maximum Gasteiger partial charge on any atom is 0.320 e. The normalized spacial score (nSPS) is 22.6. The zero-order valence-electron chi connectivity index (χ0n) is 27.0. The lowest BCUT2D eigenvalue weighted by atomic mass is 9.80. The summed E-state index contributed by atoms with van der Waals surface area (Å²) in [5, 5.41) is 15.1. The van der Waals surface area contributed by atoms with Crippen molar-refractivity contribution in [3.8, 4) is 0 Å². The number of rotatable bonds is 12. The predicted molar refractivity (Wildman–Crippen MR) is 176 cm³/mol. The minimum absolute atomic E-state index is 0.105. The third-order valence-corrected chi connectivity index (χ3v) is 11.8. The highest BCUT2D eigenvalue weighted by Crippen LogP contribution is 2.39. The van der Waals surface area contributed by atoms with E-state index in [2.05, 4.69) is 22.9 Å². The van der Waals surface area contributed by atoms with Gasteiger partial charge in [0.25, 0.3) is 0 Å². The molecule has 3 heterocycles. The molecule has 3 aliphatic rings. The Morgan fingerprint density at radius 1 is 1.07 bits per heavy atom. The van der Waals surface area contributed by atoms with Crippen LogP contribution in [0.25, 0.3) is 0 Å². The zero-order chi connectivity index (χ0) is 32.4. The molecule has 8 nitrogen and oxygen atoms in total. The first-order valence-electron chi connectivity index (χ1n) is 16.9. The highest BCUT2D eigenvalue weighted by molar-refractivity contribution is 7.90. The van der Waals surface area contributed by atoms with Crippen molar-refractivity contribution in [2.45, 2.75) is 81.2 Å². The molecule has 3 aromatic rings. The molecule has 1 N–H and O–H groups in total. The molecule has 6 rings (SSSR count). The van der Waals surface area contributed by atoms with Crippen molar-refractivity contribution in [2.75, 3.05) is 39.0 Å². The molecule has 2 aliphatic heterocycles. The number of likely N-dealkylation sites (tertiary alicyclic amines) is 2. The Labute approximate surface area is 272 Å². The lowest BCUT2D eigenvalue weighted by molar-refractivity contribution is -0.144. The van der Waals surface area contributed by atoms with Crippen LogP contribution in [0, 0.1) is 17.7 Å². The number of piperidine rings is 1. The number of carboxylic acids is 1. The number of nitrogens with zero attached hydrogens (tertiary/aromatic N) is 4. The summed E-state index contributed by atoms with van der Waals surface area (Å²) in [6.45, 7) is 6.91. The molecule has 0 radical (unpaired) electrons. The van der Waals surface area contributed by atoms with Crippen LogP contribution in [-0.4, -0.2) is 84.1 Å². The average Bonchev–Trinajstić information content (AvgIpc) is 3.60. The third kappa shape index (κ3) is 7.55. The second-order valence-corrected chi connectivity index (χ2v) is 15.9. The van der Waals surface area contributed by atoms with E-state index in [4.69, 9.17) is 5.10 Å². The fraction of sp³-hybridized carbons (Fsp3) is 0.556. The van der Waals surface area contributed by atoms with Crippen LogP contribution in [0.2, 0.25) is 0 Å². The molecule has 1 aliphatic carbocycles. The first kappa shape index (κ1) is 32.8. The summed E-state index contributed by atoms with van der Waals surface area (Å²) in [5.41, 5.74) is 4.41. The van der Waals surface area contributed by atoms with Crippen LogP contribution in [0.5, 0.6) is 0 Å². The van der Waals surface area contributed by atoms with Crippen LogP contribution >= 0.6 is 0 Å². The SMILES string of the molecule is CCc1nn(Cc2ccc(S(C)(=O)=O)cc2)cc1C1CCN(C[C@H]2CN([C@H](CC3CCC3)C(=O)O)C[C@@H]2c2cccc(F)c2)CC1. The number of hydrogen-bond acceptors (Lipinski definition) is 6. The van der Waals surface area contributed by atoms with E-state index in [1.54, 1.807) is 24.3 Å². The molecule has 1 aromatic heterocycles. The Bertz CT molecular complexity index is 1610. The van der Waals surface area contributed by atoms with Gasteiger partial charge in [-0.05, 0) is 97.5 Å². The molecule has 0 bridgehead atoms. The van der Waals surface area contributed by atoms with Gasteiger partial charge in [-0.25, -0.2) is 12.8 Å². The largest absolute Gasteiger partial charge is 0.480 e. The molecule has 0 amide bonds. The van der Waals surface area contributed by atoms with E-state index >= 15 is 0 Å². The van der Waals surface area contributed by atoms with E-state index in [1.807, 2.05) is 22.9 Å². The fourth-order valence-corrected chi connectivity index (χ4v) is 8.50. The van der Waals surface area contributed by atoms with Crippen molar-refractivity contribution in [2.24, 2.45) is 11.8 Å². The van der Waals surface area contributed by atoms with Crippen LogP contribution < -0.4 is 0 Å². The van der Waals surface area contributed by atoms with Gasteiger partial charge in [0, 0.05) is 38.0 Å². The standard InChI is InChI=1S/C36H47FN4O4S/c1-3-34-33(24-41(38-34)20-26-10-12-31(13-11-26)46(2,44)45)27-14-16-39(17-15-27)21-29-22-40(35(36(42)43)18-25-6-4-7-25)23-32(29)28-8-5-9-30(37)19-28/h5,8-13,19,24-25,27,29,32,35H,3-4,6-7,14-18,20-23H2,1-2H3,(H,42,43)/t29-,32+,35+/m0/s1. The maximum absolute atomic E-state index is 14.3. The van der Waals surface area contributed by atoms with Crippen molar-refractivity contribution >= 4 is 15.8 Å². The minimum Gasteiger partial charge on any atom is -0.480 e. The fourth-order valence-electron chi connectivity index (χ4n) is 7.87. The average molecular weight is 651 g/mol. The highest BCUT2D eigenvalue weighted by atomic mass is 32.2.